The Morgan fingerprint density at radius 1 is 1.15 bits per heavy atom. The number of nitrogens with zero attached hydrogens (tertiary/aromatic N) is 3. The number of ether oxygens (including phenoxy) is 4. The maximum absolute atomic E-state index is 12.4. The van der Waals surface area contributed by atoms with Crippen LogP contribution in [0.15, 0.2) is 6.33 Å². The molecular weight excluding hydrogens is 454 g/mol. The smallest absolute Gasteiger partial charge is 0.410 e. The first kappa shape index (κ1) is 25.1. The summed E-state index contributed by atoms with van der Waals surface area (Å²) in [6.45, 7) is 5.67. The number of hydrogen-bond acceptors (Lipinski definition) is 8. The number of aromatic nitrogens is 2. The highest BCUT2D eigenvalue weighted by Gasteiger charge is 2.34. The van der Waals surface area contributed by atoms with Gasteiger partial charge in [0.2, 0.25) is 5.88 Å². The average Bonchev–Trinajstić information content (AvgIpc) is 3.36. The van der Waals surface area contributed by atoms with E-state index >= 15 is 0 Å². The van der Waals surface area contributed by atoms with Gasteiger partial charge in [0.1, 0.15) is 22.9 Å². The fourth-order valence-corrected chi connectivity index (χ4v) is 6.31. The predicted molar refractivity (Wildman–Crippen MR) is 132 cm³/mol. The Kier molecular flexibility index (Phi) is 7.64. The number of carbonyl (C=O) groups excluding carboxylic acids is 1. The minimum atomic E-state index is -0.491. The number of fused-ring (bicyclic) bond motifs is 3. The third-order valence-corrected chi connectivity index (χ3v) is 8.02. The lowest BCUT2D eigenvalue weighted by Crippen LogP contribution is -2.43. The Labute approximate surface area is 205 Å². The molecule has 9 heteroatoms. The van der Waals surface area contributed by atoms with Crippen LogP contribution in [-0.2, 0) is 20.6 Å². The van der Waals surface area contributed by atoms with E-state index in [0.717, 1.165) is 55.2 Å². The van der Waals surface area contributed by atoms with E-state index in [2.05, 4.69) is 9.97 Å². The number of amides is 1. The zero-order valence-electron chi connectivity index (χ0n) is 21.1. The summed E-state index contributed by atoms with van der Waals surface area (Å²) >= 11 is 1.75. The summed E-state index contributed by atoms with van der Waals surface area (Å²) in [5.74, 6) is 1.03. The molecule has 0 aromatic carbocycles. The van der Waals surface area contributed by atoms with E-state index in [4.69, 9.17) is 18.9 Å². The second kappa shape index (κ2) is 10.3. The third-order valence-electron chi connectivity index (χ3n) is 6.85. The topological polar surface area (TPSA) is 83.0 Å². The monoisotopic (exact) mass is 491 g/mol. The fraction of sp³-hybridized carbons (Fsp3) is 0.720. The van der Waals surface area contributed by atoms with E-state index in [1.54, 1.807) is 36.8 Å². The van der Waals surface area contributed by atoms with Gasteiger partial charge in [-0.1, -0.05) is 0 Å². The van der Waals surface area contributed by atoms with Crippen molar-refractivity contribution in [2.75, 3.05) is 21.3 Å². The number of carbonyl (C=O) groups is 1. The second-order valence-corrected chi connectivity index (χ2v) is 11.4. The molecule has 188 valence electrons. The molecule has 2 aliphatic carbocycles. The van der Waals surface area contributed by atoms with Crippen LogP contribution in [0.5, 0.6) is 5.88 Å². The van der Waals surface area contributed by atoms with E-state index in [0.29, 0.717) is 11.8 Å². The molecule has 0 N–H and O–H groups in total. The van der Waals surface area contributed by atoms with Crippen LogP contribution in [-0.4, -0.2) is 66.3 Å². The number of hydrogen-bond donors (Lipinski definition) is 0. The van der Waals surface area contributed by atoms with Crippen molar-refractivity contribution in [3.63, 3.8) is 0 Å². The molecule has 0 bridgehead atoms. The highest BCUT2D eigenvalue weighted by molar-refractivity contribution is 7.19. The summed E-state index contributed by atoms with van der Waals surface area (Å²) in [4.78, 5) is 25.6. The lowest BCUT2D eigenvalue weighted by Gasteiger charge is -2.35. The van der Waals surface area contributed by atoms with Crippen LogP contribution in [0.3, 0.4) is 0 Å². The summed E-state index contributed by atoms with van der Waals surface area (Å²) in [7, 11) is 5.20. The number of aryl methyl sites for hydroxylation is 1. The van der Waals surface area contributed by atoms with Gasteiger partial charge in [-0.3, -0.25) is 0 Å². The lowest BCUT2D eigenvalue weighted by atomic mass is 9.92. The standard InChI is InChI=1S/C25H37N3O5S/c1-25(2,3)33-24(29)28(4)16-8-10-17(11-9-16)32-22-21-20-15(13-19(30-5)31-6)7-12-18(20)34-23(21)27-14-26-22/h14-17,19H,7-13H2,1-6H3/t15-,16-,17-/m1/s1. The largest absolute Gasteiger partial charge is 0.474 e. The SMILES string of the molecule is COC(C[C@H]1CCc2sc3ncnc(O[C@H]4CC[C@H](N(C)C(=O)OC(C)(C)C)CC4)c3c21)OC. The van der Waals surface area contributed by atoms with Gasteiger partial charge in [0.15, 0.2) is 6.29 Å². The molecule has 0 unspecified atom stereocenters. The van der Waals surface area contributed by atoms with Crippen molar-refractivity contribution in [2.24, 2.45) is 0 Å². The van der Waals surface area contributed by atoms with Crippen molar-refractivity contribution in [3.05, 3.63) is 16.8 Å². The van der Waals surface area contributed by atoms with E-state index in [9.17, 15) is 4.79 Å². The van der Waals surface area contributed by atoms with Gasteiger partial charge in [0.05, 0.1) is 5.39 Å². The van der Waals surface area contributed by atoms with Crippen molar-refractivity contribution >= 4 is 27.6 Å². The molecule has 4 rings (SSSR count). The predicted octanol–water partition coefficient (Wildman–Crippen LogP) is 5.29. The summed E-state index contributed by atoms with van der Waals surface area (Å²) in [6, 6.07) is 0.162. The number of thiophene rings is 1. The molecule has 2 aliphatic rings. The van der Waals surface area contributed by atoms with Gasteiger partial charge in [-0.15, -0.1) is 11.3 Å². The summed E-state index contributed by atoms with van der Waals surface area (Å²) in [5.41, 5.74) is 0.822. The Morgan fingerprint density at radius 2 is 1.85 bits per heavy atom. The lowest BCUT2D eigenvalue weighted by molar-refractivity contribution is -0.109. The quantitative estimate of drug-likeness (QED) is 0.487. The van der Waals surface area contributed by atoms with E-state index in [1.807, 2.05) is 27.8 Å². The molecule has 1 fully saturated rings. The van der Waals surface area contributed by atoms with Crippen molar-refractivity contribution in [1.82, 2.24) is 14.9 Å². The van der Waals surface area contributed by atoms with Crippen molar-refractivity contribution in [2.45, 2.75) is 95.7 Å². The van der Waals surface area contributed by atoms with Crippen molar-refractivity contribution in [1.29, 1.82) is 0 Å². The van der Waals surface area contributed by atoms with Gasteiger partial charge in [-0.05, 0) is 70.8 Å². The Balaban J connectivity index is 1.44. The number of rotatable bonds is 7. The molecule has 0 aliphatic heterocycles. The summed E-state index contributed by atoms with van der Waals surface area (Å²) in [5, 5.41) is 1.06. The molecule has 0 spiro atoms. The van der Waals surface area contributed by atoms with E-state index < -0.39 is 5.60 Å². The molecule has 2 aromatic rings. The molecule has 1 atom stereocenters. The van der Waals surface area contributed by atoms with E-state index in [1.165, 1.54) is 10.4 Å². The van der Waals surface area contributed by atoms with Crippen LogP contribution in [0.2, 0.25) is 0 Å². The molecule has 2 heterocycles. The maximum Gasteiger partial charge on any atom is 0.410 e. The molecule has 0 saturated heterocycles. The average molecular weight is 492 g/mol. The van der Waals surface area contributed by atoms with Gasteiger partial charge < -0.3 is 23.8 Å². The maximum atomic E-state index is 12.4. The van der Waals surface area contributed by atoms with Crippen LogP contribution < -0.4 is 4.74 Å². The molecule has 1 saturated carbocycles. The van der Waals surface area contributed by atoms with Crippen LogP contribution in [0, 0.1) is 0 Å². The fourth-order valence-electron chi connectivity index (χ4n) is 5.08. The highest BCUT2D eigenvalue weighted by atomic mass is 32.1. The van der Waals surface area contributed by atoms with Gasteiger partial charge in [-0.25, -0.2) is 14.8 Å². The highest BCUT2D eigenvalue weighted by Crippen LogP contribution is 2.48. The van der Waals surface area contributed by atoms with Gasteiger partial charge >= 0.3 is 6.09 Å². The first-order chi connectivity index (χ1) is 16.2. The van der Waals surface area contributed by atoms with E-state index in [-0.39, 0.29) is 24.5 Å². The number of methoxy groups -OCH3 is 2. The third kappa shape index (κ3) is 5.47. The van der Waals surface area contributed by atoms with Crippen LogP contribution in [0.1, 0.15) is 75.7 Å². The zero-order chi connectivity index (χ0) is 24.5. The van der Waals surface area contributed by atoms with Gasteiger partial charge in [-0.2, -0.15) is 0 Å². The Morgan fingerprint density at radius 3 is 2.50 bits per heavy atom. The van der Waals surface area contributed by atoms with Gasteiger partial charge in [0.25, 0.3) is 0 Å². The van der Waals surface area contributed by atoms with Crippen LogP contribution >= 0.6 is 11.3 Å². The molecule has 34 heavy (non-hydrogen) atoms. The molecule has 0 radical (unpaired) electrons. The van der Waals surface area contributed by atoms with Gasteiger partial charge in [0, 0.05) is 38.6 Å². The molecule has 1 amide bonds. The molecule has 8 nitrogen and oxygen atoms in total. The second-order valence-electron chi connectivity index (χ2n) is 10.3. The van der Waals surface area contributed by atoms with Crippen molar-refractivity contribution in [3.8, 4) is 5.88 Å². The minimum Gasteiger partial charge on any atom is -0.474 e. The normalized spacial score (nSPS) is 22.7. The Bertz CT molecular complexity index is 992. The Hall–Kier alpha value is -1.97. The first-order valence-corrected chi connectivity index (χ1v) is 13.0. The zero-order valence-corrected chi connectivity index (χ0v) is 21.9. The minimum absolute atomic E-state index is 0.0717. The van der Waals surface area contributed by atoms with Crippen LogP contribution in [0.4, 0.5) is 4.79 Å². The summed E-state index contributed by atoms with van der Waals surface area (Å²) in [6.07, 6.45) is 7.61. The summed E-state index contributed by atoms with van der Waals surface area (Å²) < 4.78 is 23.0. The molecule has 2 aromatic heterocycles. The molecular formula is C25H37N3O5S. The van der Waals surface area contributed by atoms with Crippen molar-refractivity contribution < 1.29 is 23.7 Å². The van der Waals surface area contributed by atoms with Crippen LogP contribution in [0.25, 0.3) is 10.2 Å². The first-order valence-electron chi connectivity index (χ1n) is 12.1.